The van der Waals surface area contributed by atoms with Gasteiger partial charge in [-0.15, -0.1) is 11.8 Å². The van der Waals surface area contributed by atoms with Crippen LogP contribution < -0.4 is 16.4 Å². The van der Waals surface area contributed by atoms with Crippen molar-refractivity contribution in [3.8, 4) is 0 Å². The lowest BCUT2D eigenvalue weighted by atomic mass is 9.78. The van der Waals surface area contributed by atoms with Gasteiger partial charge in [0.05, 0.1) is 18.0 Å². The molecule has 4 heterocycles. The number of β-lactam (4-membered cyclic amide) rings is 1. The molecule has 0 unspecified atom stereocenters. The van der Waals surface area contributed by atoms with Gasteiger partial charge in [0.15, 0.2) is 0 Å². The molecule has 5 N–H and O–H groups in total. The maximum absolute atomic E-state index is 12.9. The second-order valence-electron chi connectivity index (χ2n) is 9.74. The quantitative estimate of drug-likeness (QED) is 0.325. The fourth-order valence-electron chi connectivity index (χ4n) is 5.68. The van der Waals surface area contributed by atoms with E-state index in [-0.39, 0.29) is 28.8 Å². The van der Waals surface area contributed by atoms with Crippen molar-refractivity contribution < 1.29 is 33.1 Å². The van der Waals surface area contributed by atoms with E-state index in [1.165, 1.54) is 23.6 Å². The Bertz CT molecular complexity index is 949. The molecular weight excluding hydrogens is 484 g/mol. The Morgan fingerprint density at radius 2 is 2.06 bits per heavy atom. The van der Waals surface area contributed by atoms with Crippen LogP contribution in [0.5, 0.6) is 0 Å². The predicted molar refractivity (Wildman–Crippen MR) is 123 cm³/mol. The normalized spacial score (nSPS) is 33.3. The lowest BCUT2D eigenvalue weighted by molar-refractivity contribution is -0.159. The summed E-state index contributed by atoms with van der Waals surface area (Å²) >= 11 is 1.35. The second-order valence-corrected chi connectivity index (χ2v) is 11.1. The number of carboxylic acids is 1. The molecule has 3 saturated heterocycles. The van der Waals surface area contributed by atoms with Crippen LogP contribution in [0.25, 0.3) is 0 Å². The third kappa shape index (κ3) is 4.65. The Kier molecular flexibility index (Phi) is 7.39. The van der Waals surface area contributed by atoms with Crippen molar-refractivity contribution in [2.24, 2.45) is 23.5 Å². The summed E-state index contributed by atoms with van der Waals surface area (Å²) in [6.07, 6.45) is -1.78. The number of carboxylic acid groups (broad SMARTS) is 1. The van der Waals surface area contributed by atoms with Crippen LogP contribution in [0.1, 0.15) is 26.7 Å². The zero-order valence-electron chi connectivity index (χ0n) is 19.6. The summed E-state index contributed by atoms with van der Waals surface area (Å²) < 4.78 is 25.3. The summed E-state index contributed by atoms with van der Waals surface area (Å²) in [6, 6.07) is -1.75. The van der Waals surface area contributed by atoms with Gasteiger partial charge in [0.2, 0.25) is 11.8 Å². The van der Waals surface area contributed by atoms with E-state index in [0.717, 1.165) is 6.42 Å². The van der Waals surface area contributed by atoms with Crippen molar-refractivity contribution in [1.82, 2.24) is 20.4 Å². The Labute approximate surface area is 206 Å². The van der Waals surface area contributed by atoms with Gasteiger partial charge in [-0.25, -0.2) is 4.79 Å². The third-order valence-corrected chi connectivity index (χ3v) is 9.02. The first-order chi connectivity index (χ1) is 16.5. The van der Waals surface area contributed by atoms with Crippen LogP contribution in [-0.2, 0) is 19.2 Å². The predicted octanol–water partition coefficient (Wildman–Crippen LogP) is -0.200. The zero-order chi connectivity index (χ0) is 25.6. The van der Waals surface area contributed by atoms with E-state index in [0.29, 0.717) is 43.4 Å². The summed E-state index contributed by atoms with van der Waals surface area (Å²) in [5.41, 5.74) is 5.63. The number of hydrogen-bond donors (Lipinski definition) is 4. The number of amides is 3. The molecule has 4 rings (SSSR count). The first kappa shape index (κ1) is 25.8. The fourth-order valence-corrected chi connectivity index (χ4v) is 7.16. The molecule has 0 aliphatic carbocycles. The minimum absolute atomic E-state index is 0.0265. The van der Waals surface area contributed by atoms with Gasteiger partial charge in [0.1, 0.15) is 5.70 Å². The van der Waals surface area contributed by atoms with Gasteiger partial charge < -0.3 is 31.3 Å². The van der Waals surface area contributed by atoms with Crippen LogP contribution in [0.3, 0.4) is 0 Å². The molecule has 0 aromatic heterocycles. The maximum atomic E-state index is 12.9. The molecule has 10 nitrogen and oxygen atoms in total. The van der Waals surface area contributed by atoms with E-state index in [2.05, 4.69) is 10.6 Å². The van der Waals surface area contributed by atoms with Crippen molar-refractivity contribution in [2.75, 3.05) is 26.2 Å². The number of nitrogens with two attached hydrogens (primary N) is 1. The Balaban J connectivity index is 1.43. The second kappa shape index (κ2) is 10.0. The Morgan fingerprint density at radius 1 is 1.34 bits per heavy atom. The van der Waals surface area contributed by atoms with Crippen LogP contribution in [0, 0.1) is 17.8 Å². The van der Waals surface area contributed by atoms with E-state index in [1.807, 2.05) is 4.90 Å². The molecule has 194 valence electrons. The molecule has 0 spiro atoms. The van der Waals surface area contributed by atoms with Crippen LogP contribution in [0.15, 0.2) is 10.6 Å². The number of nitrogens with zero attached hydrogens (tertiary/aromatic N) is 2. The van der Waals surface area contributed by atoms with Gasteiger partial charge in [-0.2, -0.15) is 8.78 Å². The van der Waals surface area contributed by atoms with Gasteiger partial charge >= 0.3 is 12.4 Å². The van der Waals surface area contributed by atoms with Gasteiger partial charge in [0, 0.05) is 41.7 Å². The highest BCUT2D eigenvalue weighted by Gasteiger charge is 2.60. The highest BCUT2D eigenvalue weighted by atomic mass is 32.2. The molecule has 3 fully saturated rings. The summed E-state index contributed by atoms with van der Waals surface area (Å²) in [7, 11) is 0. The molecule has 4 aliphatic heterocycles. The summed E-state index contributed by atoms with van der Waals surface area (Å²) in [5.74, 6) is -3.99. The van der Waals surface area contributed by atoms with Crippen LogP contribution in [-0.4, -0.2) is 94.6 Å². The first-order valence-corrected chi connectivity index (χ1v) is 12.7. The Hall–Kier alpha value is -2.25. The van der Waals surface area contributed by atoms with Gasteiger partial charge in [0.25, 0.3) is 5.91 Å². The number of fused-ring (bicyclic) bond motifs is 1. The highest BCUT2D eigenvalue weighted by Crippen LogP contribution is 2.51. The van der Waals surface area contributed by atoms with Crippen molar-refractivity contribution >= 4 is 35.5 Å². The number of nitrogens with one attached hydrogen (secondary N) is 2. The number of thioether (sulfide) groups is 1. The molecule has 4 aliphatic rings. The standard InChI is InChI=1S/C22H31F2N5O5S/c1-9-15-14(10(2)27-19(30)18(23)24)21(32)29(15)16(22(33)34)17(9)35-12-5-13(26-7-12)20(31)28-4-3-11(6-25)8-28/h9-15,18,26H,3-8,25H2,1-2H3,(H,27,30)(H,33,34)/t9-,10-,11+,12+,13+,14-,15-/m1/s1. The highest BCUT2D eigenvalue weighted by molar-refractivity contribution is 8.03. The third-order valence-electron chi connectivity index (χ3n) is 7.51. The minimum atomic E-state index is -3.20. The molecule has 35 heavy (non-hydrogen) atoms. The summed E-state index contributed by atoms with van der Waals surface area (Å²) in [4.78, 5) is 52.8. The number of alkyl halides is 2. The average molecular weight is 516 g/mol. The van der Waals surface area contributed by atoms with Crippen molar-refractivity contribution in [3.63, 3.8) is 0 Å². The van der Waals surface area contributed by atoms with E-state index in [1.54, 1.807) is 6.92 Å². The summed E-state index contributed by atoms with van der Waals surface area (Å²) in [6.45, 7) is 5.68. The zero-order valence-corrected chi connectivity index (χ0v) is 20.4. The van der Waals surface area contributed by atoms with Crippen LogP contribution in [0.2, 0.25) is 0 Å². The molecule has 0 saturated carbocycles. The number of carbonyl (C=O) groups excluding carboxylic acids is 3. The number of rotatable bonds is 8. The lowest BCUT2D eigenvalue weighted by Crippen LogP contribution is -2.66. The van der Waals surface area contributed by atoms with Crippen molar-refractivity contribution in [1.29, 1.82) is 0 Å². The van der Waals surface area contributed by atoms with Gasteiger partial charge in [-0.1, -0.05) is 6.92 Å². The average Bonchev–Trinajstić information content (AvgIpc) is 3.52. The topological polar surface area (TPSA) is 145 Å². The van der Waals surface area contributed by atoms with Gasteiger partial charge in [-0.3, -0.25) is 14.4 Å². The molecule has 13 heteroatoms. The number of hydrogen-bond acceptors (Lipinski definition) is 7. The molecule has 3 amide bonds. The van der Waals surface area contributed by atoms with Crippen LogP contribution in [0.4, 0.5) is 8.78 Å². The lowest BCUT2D eigenvalue weighted by Gasteiger charge is -2.47. The largest absolute Gasteiger partial charge is 0.477 e. The molecular formula is C22H31F2N5O5S. The SMILES string of the molecule is C[C@@H](NC(=O)C(F)F)[C@H]1C(=O)N2C(C(=O)O)=C(S[C@@H]3CN[C@H](C(=O)N4CC[C@@H](CN)C4)C3)[C@H](C)[C@H]12. The monoisotopic (exact) mass is 515 g/mol. The molecule has 0 radical (unpaired) electrons. The molecule has 0 aromatic rings. The minimum Gasteiger partial charge on any atom is -0.477 e. The van der Waals surface area contributed by atoms with E-state index in [9.17, 15) is 33.1 Å². The molecule has 0 bridgehead atoms. The number of carbonyl (C=O) groups is 4. The van der Waals surface area contributed by atoms with E-state index in [4.69, 9.17) is 5.73 Å². The Morgan fingerprint density at radius 3 is 2.66 bits per heavy atom. The molecule has 7 atom stereocenters. The summed E-state index contributed by atoms with van der Waals surface area (Å²) in [5, 5.41) is 15.2. The number of likely N-dealkylation sites (tertiary alicyclic amines) is 1. The van der Waals surface area contributed by atoms with Crippen LogP contribution >= 0.6 is 11.8 Å². The van der Waals surface area contributed by atoms with E-state index < -0.39 is 42.2 Å². The fraction of sp³-hybridized carbons (Fsp3) is 0.727. The smallest absolute Gasteiger partial charge is 0.353 e. The van der Waals surface area contributed by atoms with E-state index >= 15 is 0 Å². The van der Waals surface area contributed by atoms with Crippen molar-refractivity contribution in [2.45, 2.75) is 56.5 Å². The number of aliphatic carboxylic acids is 1. The van der Waals surface area contributed by atoms with Gasteiger partial charge in [-0.05, 0) is 32.2 Å². The maximum Gasteiger partial charge on any atom is 0.353 e. The first-order valence-electron chi connectivity index (χ1n) is 11.8. The van der Waals surface area contributed by atoms with Crippen molar-refractivity contribution in [3.05, 3.63) is 10.6 Å². The molecule has 0 aromatic carbocycles. The number of halogens is 2.